The van der Waals surface area contributed by atoms with Crippen molar-refractivity contribution in [1.82, 2.24) is 10.2 Å². The van der Waals surface area contributed by atoms with Crippen molar-refractivity contribution < 1.29 is 23.5 Å². The Kier molecular flexibility index (Phi) is 6.76. The van der Waals surface area contributed by atoms with Gasteiger partial charge in [0, 0.05) is 17.8 Å². The van der Waals surface area contributed by atoms with Crippen LogP contribution >= 0.6 is 0 Å². The van der Waals surface area contributed by atoms with Crippen LogP contribution in [0.15, 0.2) is 24.3 Å². The third-order valence-corrected chi connectivity index (χ3v) is 4.08. The normalized spacial score (nSPS) is 16.7. The second-order valence-electron chi connectivity index (χ2n) is 7.38. The summed E-state index contributed by atoms with van der Waals surface area (Å²) in [4.78, 5) is 38.1. The molecule has 1 aliphatic heterocycles. The first-order valence-corrected chi connectivity index (χ1v) is 8.92. The van der Waals surface area contributed by atoms with Crippen molar-refractivity contribution in [3.63, 3.8) is 0 Å². The van der Waals surface area contributed by atoms with E-state index >= 15 is 0 Å². The second kappa shape index (κ2) is 8.83. The summed E-state index contributed by atoms with van der Waals surface area (Å²) in [5.74, 6) is -0.726. The van der Waals surface area contributed by atoms with Crippen LogP contribution in [0.25, 0.3) is 0 Å². The number of benzene rings is 1. The predicted octanol–water partition coefficient (Wildman–Crippen LogP) is 2.61. The fraction of sp³-hybridized carbons (Fsp3) is 0.526. The number of rotatable bonds is 5. The minimum Gasteiger partial charge on any atom is -0.444 e. The van der Waals surface area contributed by atoms with E-state index in [0.29, 0.717) is 30.6 Å². The van der Waals surface area contributed by atoms with E-state index in [1.165, 1.54) is 4.90 Å². The molecule has 0 unspecified atom stereocenters. The van der Waals surface area contributed by atoms with Crippen LogP contribution in [-0.2, 0) is 21.0 Å². The van der Waals surface area contributed by atoms with Gasteiger partial charge in [-0.1, -0.05) is 18.2 Å². The summed E-state index contributed by atoms with van der Waals surface area (Å²) in [7, 11) is 0. The Labute approximate surface area is 158 Å². The quantitative estimate of drug-likeness (QED) is 0.823. The largest absolute Gasteiger partial charge is 0.444 e. The molecule has 1 fully saturated rings. The Morgan fingerprint density at radius 3 is 2.63 bits per heavy atom. The Balaban J connectivity index is 1.94. The molecular weight excluding hydrogens is 353 g/mol. The summed E-state index contributed by atoms with van der Waals surface area (Å²) < 4.78 is 18.1. The van der Waals surface area contributed by atoms with Crippen LogP contribution in [0.1, 0.15) is 39.2 Å². The standard InChI is InChI=1S/C19H26FN3O4/c1-19(2,3)27-18(26)21-12-16(24)23-10-6-9-15(23)17(25)22-14-8-5-4-7-13(14)11-20/h4-5,7-8,15H,6,9-12H2,1-3H3,(H,21,26)(H,22,25)/t15-/m0/s1. The Morgan fingerprint density at radius 2 is 1.96 bits per heavy atom. The van der Waals surface area contributed by atoms with E-state index in [0.717, 1.165) is 0 Å². The Morgan fingerprint density at radius 1 is 1.26 bits per heavy atom. The maximum Gasteiger partial charge on any atom is 0.408 e. The zero-order chi connectivity index (χ0) is 20.0. The lowest BCUT2D eigenvalue weighted by Crippen LogP contribution is -2.47. The number of halogens is 1. The SMILES string of the molecule is CC(C)(C)OC(=O)NCC(=O)N1CCC[C@H]1C(=O)Nc1ccccc1CF. The van der Waals surface area contributed by atoms with E-state index in [4.69, 9.17) is 4.74 Å². The second-order valence-corrected chi connectivity index (χ2v) is 7.38. The van der Waals surface area contributed by atoms with Crippen molar-refractivity contribution in [2.75, 3.05) is 18.4 Å². The molecule has 1 heterocycles. The number of carbonyl (C=O) groups is 3. The molecule has 27 heavy (non-hydrogen) atoms. The van der Waals surface area contributed by atoms with Gasteiger partial charge in [0.15, 0.2) is 0 Å². The van der Waals surface area contributed by atoms with Crippen LogP contribution in [0.5, 0.6) is 0 Å². The fourth-order valence-electron chi connectivity index (χ4n) is 2.88. The molecule has 0 aromatic heterocycles. The molecule has 0 radical (unpaired) electrons. The minimum absolute atomic E-state index is 0.250. The van der Waals surface area contributed by atoms with Crippen LogP contribution in [0, 0.1) is 0 Å². The topological polar surface area (TPSA) is 87.7 Å². The summed E-state index contributed by atoms with van der Waals surface area (Å²) in [5.41, 5.74) is 0.122. The highest BCUT2D eigenvalue weighted by Crippen LogP contribution is 2.21. The van der Waals surface area contributed by atoms with Gasteiger partial charge in [-0.2, -0.15) is 0 Å². The van der Waals surface area contributed by atoms with Crippen molar-refractivity contribution in [3.8, 4) is 0 Å². The molecule has 0 spiro atoms. The van der Waals surface area contributed by atoms with Crippen molar-refractivity contribution in [3.05, 3.63) is 29.8 Å². The highest BCUT2D eigenvalue weighted by molar-refractivity contribution is 5.98. The van der Waals surface area contributed by atoms with Crippen LogP contribution in [-0.4, -0.2) is 47.5 Å². The molecule has 1 aromatic carbocycles. The monoisotopic (exact) mass is 379 g/mol. The Bertz CT molecular complexity index is 702. The maximum absolute atomic E-state index is 13.0. The fourth-order valence-corrected chi connectivity index (χ4v) is 2.88. The third kappa shape index (κ3) is 5.94. The third-order valence-electron chi connectivity index (χ3n) is 4.08. The van der Waals surface area contributed by atoms with Gasteiger partial charge in [0.05, 0.1) is 0 Å². The molecule has 1 aliphatic rings. The molecule has 2 N–H and O–H groups in total. The molecular formula is C19H26FN3O4. The summed E-state index contributed by atoms with van der Waals surface area (Å²) in [5, 5.41) is 5.11. The van der Waals surface area contributed by atoms with Crippen molar-refractivity contribution in [2.24, 2.45) is 0 Å². The molecule has 2 rings (SSSR count). The van der Waals surface area contributed by atoms with Gasteiger partial charge in [-0.3, -0.25) is 9.59 Å². The summed E-state index contributed by atoms with van der Waals surface area (Å²) in [6.07, 6.45) is 0.510. The van der Waals surface area contributed by atoms with Gasteiger partial charge in [0.25, 0.3) is 0 Å². The Hall–Kier alpha value is -2.64. The highest BCUT2D eigenvalue weighted by atomic mass is 19.1. The van der Waals surface area contributed by atoms with Crippen molar-refractivity contribution in [2.45, 2.75) is 51.9 Å². The number of carbonyl (C=O) groups excluding carboxylic acids is 3. The zero-order valence-electron chi connectivity index (χ0n) is 15.9. The first kappa shape index (κ1) is 20.7. The van der Waals surface area contributed by atoms with Gasteiger partial charge in [0.1, 0.15) is 24.9 Å². The van der Waals surface area contributed by atoms with E-state index in [1.54, 1.807) is 45.0 Å². The number of nitrogens with one attached hydrogen (secondary N) is 2. The van der Waals surface area contributed by atoms with Gasteiger partial charge in [0.2, 0.25) is 11.8 Å². The molecule has 1 aromatic rings. The summed E-state index contributed by atoms with van der Waals surface area (Å²) in [6.45, 7) is 4.67. The first-order chi connectivity index (χ1) is 12.7. The number of nitrogens with zero attached hydrogens (tertiary/aromatic N) is 1. The minimum atomic E-state index is -0.691. The molecule has 7 nitrogen and oxygen atoms in total. The van der Waals surface area contributed by atoms with Gasteiger partial charge in [-0.15, -0.1) is 0 Å². The maximum atomic E-state index is 13.0. The number of para-hydroxylation sites is 1. The van der Waals surface area contributed by atoms with E-state index in [-0.39, 0.29) is 18.4 Å². The van der Waals surface area contributed by atoms with Crippen LogP contribution in [0.2, 0.25) is 0 Å². The van der Waals surface area contributed by atoms with E-state index in [9.17, 15) is 18.8 Å². The summed E-state index contributed by atoms with van der Waals surface area (Å²) >= 11 is 0. The average molecular weight is 379 g/mol. The molecule has 3 amide bonds. The summed E-state index contributed by atoms with van der Waals surface area (Å²) in [6, 6.07) is 5.97. The van der Waals surface area contributed by atoms with Crippen molar-refractivity contribution >= 4 is 23.6 Å². The molecule has 1 saturated heterocycles. The molecule has 1 atom stereocenters. The number of anilines is 1. The number of ether oxygens (including phenoxy) is 1. The van der Waals surface area contributed by atoms with E-state index in [2.05, 4.69) is 10.6 Å². The van der Waals surface area contributed by atoms with Gasteiger partial charge >= 0.3 is 6.09 Å². The number of hydrogen-bond donors (Lipinski definition) is 2. The molecule has 0 aliphatic carbocycles. The van der Waals surface area contributed by atoms with Crippen molar-refractivity contribution in [1.29, 1.82) is 0 Å². The lowest BCUT2D eigenvalue weighted by molar-refractivity contribution is -0.135. The smallest absolute Gasteiger partial charge is 0.408 e. The molecule has 148 valence electrons. The number of alkyl halides is 1. The number of likely N-dealkylation sites (tertiary alicyclic amines) is 1. The first-order valence-electron chi connectivity index (χ1n) is 8.92. The molecule has 0 bridgehead atoms. The van der Waals surface area contributed by atoms with E-state index < -0.39 is 24.4 Å². The van der Waals surface area contributed by atoms with Gasteiger partial charge in [-0.25, -0.2) is 9.18 Å². The lowest BCUT2D eigenvalue weighted by atomic mass is 10.1. The average Bonchev–Trinajstić information content (AvgIpc) is 3.08. The number of amides is 3. The number of alkyl carbamates (subject to hydrolysis) is 1. The highest BCUT2D eigenvalue weighted by Gasteiger charge is 2.34. The molecule has 0 saturated carbocycles. The van der Waals surface area contributed by atoms with Crippen LogP contribution in [0.3, 0.4) is 0 Å². The van der Waals surface area contributed by atoms with Gasteiger partial charge < -0.3 is 20.3 Å². The number of hydrogen-bond acceptors (Lipinski definition) is 4. The van der Waals surface area contributed by atoms with E-state index in [1.807, 2.05) is 0 Å². The van der Waals surface area contributed by atoms with Crippen LogP contribution < -0.4 is 10.6 Å². The van der Waals surface area contributed by atoms with Gasteiger partial charge in [-0.05, 0) is 39.7 Å². The lowest BCUT2D eigenvalue weighted by Gasteiger charge is -2.25. The predicted molar refractivity (Wildman–Crippen MR) is 98.9 cm³/mol. The van der Waals surface area contributed by atoms with Crippen LogP contribution in [0.4, 0.5) is 14.9 Å². The zero-order valence-corrected chi connectivity index (χ0v) is 15.9. The molecule has 8 heteroatoms.